The van der Waals surface area contributed by atoms with Gasteiger partial charge >= 0.3 is 0 Å². The largest absolute Gasteiger partial charge is 0.393 e. The predicted octanol–water partition coefficient (Wildman–Crippen LogP) is -0.151. The summed E-state index contributed by atoms with van der Waals surface area (Å²) >= 11 is 0. The summed E-state index contributed by atoms with van der Waals surface area (Å²) < 4.78 is 0. The van der Waals surface area contributed by atoms with Gasteiger partial charge in [-0.3, -0.25) is 9.69 Å². The van der Waals surface area contributed by atoms with Crippen molar-refractivity contribution < 1.29 is 9.90 Å². The maximum Gasteiger partial charge on any atom is 0.218 e. The van der Waals surface area contributed by atoms with Gasteiger partial charge in [-0.15, -0.1) is 0 Å². The van der Waals surface area contributed by atoms with Crippen LogP contribution in [0.5, 0.6) is 0 Å². The van der Waals surface area contributed by atoms with E-state index in [-0.39, 0.29) is 12.0 Å². The number of carbonyl (C=O) groups is 1. The minimum atomic E-state index is -0.226. The van der Waals surface area contributed by atoms with Crippen molar-refractivity contribution in [1.82, 2.24) is 4.90 Å². The molecule has 2 bridgehead atoms. The molecule has 0 aliphatic carbocycles. The lowest BCUT2D eigenvalue weighted by Crippen LogP contribution is -2.45. The Bertz CT molecular complexity index is 218. The van der Waals surface area contributed by atoms with Crippen LogP contribution in [0.15, 0.2) is 0 Å². The summed E-state index contributed by atoms with van der Waals surface area (Å²) in [6, 6.07) is 0.978. The highest BCUT2D eigenvalue weighted by molar-refractivity contribution is 5.73. The fourth-order valence-corrected chi connectivity index (χ4v) is 2.85. The maximum atomic E-state index is 10.7. The third kappa shape index (κ3) is 1.91. The van der Waals surface area contributed by atoms with E-state index >= 15 is 0 Å². The standard InChI is InChI=1S/C10H18N2O2/c11-10(14)3-4-12-7-1-2-8(12)6-9(13)5-7/h7-9,13H,1-6H2,(H2,11,14). The Kier molecular flexibility index (Phi) is 2.74. The number of primary amides is 1. The molecule has 2 rings (SSSR count). The van der Waals surface area contributed by atoms with Gasteiger partial charge in [-0.2, -0.15) is 0 Å². The number of nitrogens with two attached hydrogens (primary N) is 1. The average molecular weight is 198 g/mol. The molecule has 2 unspecified atom stereocenters. The number of aliphatic hydroxyl groups excluding tert-OH is 1. The Morgan fingerprint density at radius 1 is 1.36 bits per heavy atom. The van der Waals surface area contributed by atoms with E-state index in [0.717, 1.165) is 19.4 Å². The van der Waals surface area contributed by atoms with E-state index in [0.29, 0.717) is 18.5 Å². The van der Waals surface area contributed by atoms with Gasteiger partial charge in [-0.1, -0.05) is 0 Å². The highest BCUT2D eigenvalue weighted by Gasteiger charge is 2.39. The van der Waals surface area contributed by atoms with E-state index < -0.39 is 0 Å². The lowest BCUT2D eigenvalue weighted by atomic mass is 10.00. The SMILES string of the molecule is NC(=O)CCN1C2CCC1CC(O)C2. The fourth-order valence-electron chi connectivity index (χ4n) is 2.85. The topological polar surface area (TPSA) is 66.6 Å². The summed E-state index contributed by atoms with van der Waals surface area (Å²) in [6.45, 7) is 0.775. The predicted molar refractivity (Wildman–Crippen MR) is 52.6 cm³/mol. The maximum absolute atomic E-state index is 10.7. The Labute approximate surface area is 84.1 Å². The third-order valence-electron chi connectivity index (χ3n) is 3.48. The molecule has 2 aliphatic heterocycles. The van der Waals surface area contributed by atoms with E-state index in [1.807, 2.05) is 0 Å². The van der Waals surface area contributed by atoms with Crippen LogP contribution in [-0.4, -0.2) is 40.6 Å². The van der Waals surface area contributed by atoms with Crippen LogP contribution in [0, 0.1) is 0 Å². The van der Waals surface area contributed by atoms with Crippen LogP contribution in [0.4, 0.5) is 0 Å². The molecule has 0 radical (unpaired) electrons. The first kappa shape index (κ1) is 9.93. The molecule has 0 aromatic carbocycles. The molecule has 2 saturated heterocycles. The van der Waals surface area contributed by atoms with E-state index in [1.165, 1.54) is 12.8 Å². The number of hydrogen-bond acceptors (Lipinski definition) is 3. The van der Waals surface area contributed by atoms with Crippen LogP contribution in [0.2, 0.25) is 0 Å². The molecular weight excluding hydrogens is 180 g/mol. The highest BCUT2D eigenvalue weighted by atomic mass is 16.3. The second kappa shape index (κ2) is 3.87. The smallest absolute Gasteiger partial charge is 0.218 e. The summed E-state index contributed by atoms with van der Waals surface area (Å²) in [5.41, 5.74) is 5.13. The van der Waals surface area contributed by atoms with Gasteiger partial charge < -0.3 is 10.8 Å². The van der Waals surface area contributed by atoms with Crippen molar-refractivity contribution in [1.29, 1.82) is 0 Å². The molecule has 4 nitrogen and oxygen atoms in total. The Hall–Kier alpha value is -0.610. The normalized spacial score (nSPS) is 37.4. The Morgan fingerprint density at radius 2 is 1.93 bits per heavy atom. The number of rotatable bonds is 3. The summed E-state index contributed by atoms with van der Waals surface area (Å²) in [5, 5.41) is 9.57. The van der Waals surface area contributed by atoms with Crippen molar-refractivity contribution >= 4 is 5.91 Å². The van der Waals surface area contributed by atoms with E-state index in [9.17, 15) is 9.90 Å². The molecule has 0 aromatic rings. The zero-order chi connectivity index (χ0) is 10.1. The molecule has 1 amide bonds. The second-order valence-corrected chi connectivity index (χ2v) is 4.46. The van der Waals surface area contributed by atoms with Crippen molar-refractivity contribution in [3.05, 3.63) is 0 Å². The molecule has 14 heavy (non-hydrogen) atoms. The van der Waals surface area contributed by atoms with Crippen LogP contribution >= 0.6 is 0 Å². The van der Waals surface area contributed by atoms with Gasteiger partial charge in [-0.05, 0) is 25.7 Å². The van der Waals surface area contributed by atoms with E-state index in [1.54, 1.807) is 0 Å². The van der Waals surface area contributed by atoms with Crippen molar-refractivity contribution in [2.24, 2.45) is 5.73 Å². The highest BCUT2D eigenvalue weighted by Crippen LogP contribution is 2.35. The van der Waals surface area contributed by atoms with Crippen molar-refractivity contribution in [2.45, 2.75) is 50.3 Å². The minimum Gasteiger partial charge on any atom is -0.393 e. The number of nitrogens with zero attached hydrogens (tertiary/aromatic N) is 1. The molecule has 2 heterocycles. The number of aliphatic hydroxyl groups is 1. The molecule has 2 atom stereocenters. The number of amides is 1. The van der Waals surface area contributed by atoms with Crippen LogP contribution in [-0.2, 0) is 4.79 Å². The van der Waals surface area contributed by atoms with Crippen molar-refractivity contribution in [2.75, 3.05) is 6.54 Å². The number of hydrogen-bond donors (Lipinski definition) is 2. The van der Waals surface area contributed by atoms with Crippen LogP contribution in [0.1, 0.15) is 32.1 Å². The van der Waals surface area contributed by atoms with Crippen molar-refractivity contribution in [3.8, 4) is 0 Å². The lowest BCUT2D eigenvalue weighted by molar-refractivity contribution is -0.118. The van der Waals surface area contributed by atoms with Crippen LogP contribution < -0.4 is 5.73 Å². The Morgan fingerprint density at radius 3 is 2.43 bits per heavy atom. The van der Waals surface area contributed by atoms with Crippen molar-refractivity contribution in [3.63, 3.8) is 0 Å². The van der Waals surface area contributed by atoms with Gasteiger partial charge in [0.2, 0.25) is 5.91 Å². The summed E-state index contributed by atoms with van der Waals surface area (Å²) in [4.78, 5) is 13.0. The van der Waals surface area contributed by atoms with Gasteiger partial charge in [-0.25, -0.2) is 0 Å². The molecule has 2 fully saturated rings. The first-order valence-electron chi connectivity index (χ1n) is 5.39. The molecule has 0 aromatic heterocycles. The molecule has 0 saturated carbocycles. The van der Waals surface area contributed by atoms with E-state index in [4.69, 9.17) is 5.73 Å². The zero-order valence-corrected chi connectivity index (χ0v) is 8.35. The van der Waals surface area contributed by atoms with Crippen LogP contribution in [0.3, 0.4) is 0 Å². The molecule has 3 N–H and O–H groups in total. The van der Waals surface area contributed by atoms with Gasteiger partial charge in [0.15, 0.2) is 0 Å². The summed E-state index contributed by atoms with van der Waals surface area (Å²) in [5.74, 6) is -0.226. The number of piperidine rings is 1. The zero-order valence-electron chi connectivity index (χ0n) is 8.35. The molecule has 0 spiro atoms. The minimum absolute atomic E-state index is 0.127. The summed E-state index contributed by atoms with van der Waals surface area (Å²) in [6.07, 6.45) is 4.39. The third-order valence-corrected chi connectivity index (χ3v) is 3.48. The second-order valence-electron chi connectivity index (χ2n) is 4.46. The lowest BCUT2D eigenvalue weighted by Gasteiger charge is -2.36. The molecular formula is C10H18N2O2. The van der Waals surface area contributed by atoms with Gasteiger partial charge in [0.05, 0.1) is 6.10 Å². The number of carbonyl (C=O) groups excluding carboxylic acids is 1. The van der Waals surface area contributed by atoms with Crippen LogP contribution in [0.25, 0.3) is 0 Å². The average Bonchev–Trinajstić information content (AvgIpc) is 2.34. The van der Waals surface area contributed by atoms with E-state index in [2.05, 4.69) is 4.90 Å². The first-order valence-corrected chi connectivity index (χ1v) is 5.39. The molecule has 80 valence electrons. The molecule has 2 aliphatic rings. The summed E-state index contributed by atoms with van der Waals surface area (Å²) in [7, 11) is 0. The van der Waals surface area contributed by atoms with Gasteiger partial charge in [0.1, 0.15) is 0 Å². The number of fused-ring (bicyclic) bond motifs is 2. The van der Waals surface area contributed by atoms with Gasteiger partial charge in [0, 0.05) is 25.0 Å². The Balaban J connectivity index is 1.90. The fraction of sp³-hybridized carbons (Fsp3) is 0.900. The monoisotopic (exact) mass is 198 g/mol. The molecule has 4 heteroatoms. The quantitative estimate of drug-likeness (QED) is 0.662. The van der Waals surface area contributed by atoms with Gasteiger partial charge in [0.25, 0.3) is 0 Å². The first-order chi connectivity index (χ1) is 6.66.